The molecule has 10 heteroatoms. The minimum Gasteiger partial charge on any atom is -0.412 e. The van der Waals surface area contributed by atoms with E-state index >= 15 is 0 Å². The number of hydrogen-bond acceptors (Lipinski definition) is 4. The maximum absolute atomic E-state index is 10.1. The van der Waals surface area contributed by atoms with Crippen LogP contribution < -0.4 is 0 Å². The first kappa shape index (κ1) is 5.56. The van der Waals surface area contributed by atoms with Gasteiger partial charge in [0.2, 0.25) is 7.16 Å². The van der Waals surface area contributed by atoms with Crippen LogP contribution in [0.25, 0.3) is 0 Å². The minimum absolute atomic E-state index is 2.75. The molecule has 0 saturated heterocycles. The van der Waals surface area contributed by atoms with Crippen molar-refractivity contribution >= 4 is 15.4 Å². The molecule has 0 aliphatic heterocycles. The fraction of sp³-hybridized carbons (Fsp3) is 0. The Morgan fingerprint density at radius 1 is 1.50 bits per heavy atom. The van der Waals surface area contributed by atoms with Crippen LogP contribution >= 0.6 is 7.82 Å². The molecule has 0 heterocycles. The highest BCUT2D eigenvalue weighted by molar-refractivity contribution is 7.45. The standard InChI is InChI=1S/BF3.H3O4P.H2O/c2-1(3)4;1-5(2,3)4;/h;(H3,1,2,3,4);1H2/i/hD5. The van der Waals surface area contributed by atoms with E-state index < -0.39 is 15.4 Å². The summed E-state index contributed by atoms with van der Waals surface area (Å²) in [6.45, 7) is 0. The zero-order valence-electron chi connectivity index (χ0n) is 9.20. The lowest BCUT2D eigenvalue weighted by molar-refractivity contribution is 0.275. The van der Waals surface area contributed by atoms with Crippen LogP contribution in [0.3, 0.4) is 0 Å². The fourth-order valence-electron chi connectivity index (χ4n) is 0. The topological polar surface area (TPSA) is 109 Å². The van der Waals surface area contributed by atoms with E-state index in [0.717, 1.165) is 0 Å². The van der Waals surface area contributed by atoms with Gasteiger partial charge >= 0.3 is 15.4 Å². The van der Waals surface area contributed by atoms with Crippen molar-refractivity contribution in [3.8, 4) is 0 Å². The predicted octanol–water partition coefficient (Wildman–Crippen LogP) is -0.873. The Balaban J connectivity index is -0.000000173. The zero-order valence-corrected chi connectivity index (χ0v) is 5.09. The van der Waals surface area contributed by atoms with Crippen molar-refractivity contribution in [2.75, 3.05) is 0 Å². The van der Waals surface area contributed by atoms with Crippen LogP contribution in [0.15, 0.2) is 0 Å². The van der Waals surface area contributed by atoms with Crippen LogP contribution in [0, 0.1) is 0 Å². The molecule has 0 unspecified atom stereocenters. The Kier molecular flexibility index (Phi) is 3.91. The molecule has 5 N–H and O–H groups in total. The second-order valence-electron chi connectivity index (χ2n) is 0.695. The molecule has 64 valence electrons. The molecule has 0 aromatic heterocycles. The van der Waals surface area contributed by atoms with Crippen LogP contribution in [-0.4, -0.2) is 34.9 Å². The molecule has 10 heavy (non-hydrogen) atoms. The van der Waals surface area contributed by atoms with E-state index in [-0.39, 0.29) is 0 Å². The quantitative estimate of drug-likeness (QED) is 0.395. The van der Waals surface area contributed by atoms with E-state index in [4.69, 9.17) is 7.16 Å². The van der Waals surface area contributed by atoms with Crippen LogP contribution in [-0.2, 0) is 4.57 Å². The summed E-state index contributed by atoms with van der Waals surface area (Å²) >= 11 is 0. The predicted molar refractivity (Wildman–Crippen MR) is 27.0 cm³/mol. The summed E-state index contributed by atoms with van der Waals surface area (Å²) < 4.78 is 67.6. The van der Waals surface area contributed by atoms with Gasteiger partial charge in [-0.2, -0.15) is 0 Å². The number of hydrogen-bond donors (Lipinski definition) is 3. The maximum atomic E-state index is 10.1. The van der Waals surface area contributed by atoms with Gasteiger partial charge in [0.25, 0.3) is 0 Å². The molecule has 0 spiro atoms. The van der Waals surface area contributed by atoms with E-state index in [9.17, 15) is 17.5 Å². The van der Waals surface area contributed by atoms with E-state index in [0.29, 0.717) is 0 Å². The minimum atomic E-state index is -4.16. The number of rotatable bonds is 3. The summed E-state index contributed by atoms with van der Waals surface area (Å²) in [4.78, 5) is 9.67. The molecule has 0 bridgehead atoms. The van der Waals surface area contributed by atoms with Crippen molar-refractivity contribution in [1.29, 1.82) is 7.16 Å². The molecule has 0 rings (SSSR count). The lowest BCUT2D eigenvalue weighted by atomic mass is 10.5. The molecule has 0 radical (unpaired) electrons. The Morgan fingerprint density at radius 3 is 1.70 bits per heavy atom. The third-order valence-electron chi connectivity index (χ3n) is 0. The summed E-state index contributed by atoms with van der Waals surface area (Å²) in [7, 11) is -7.83. The van der Waals surface area contributed by atoms with Gasteiger partial charge in [-0.1, -0.05) is 0 Å². The number of phosphoric acid groups is 1. The average molecular weight is 189 g/mol. The normalized spacial score (nSPS) is 14.5. The SMILES string of the molecule is FB(F)F.[2H]OP(=O)(O[2H])O[2H].[2H]O[2H]. The van der Waals surface area contributed by atoms with Crippen molar-refractivity contribution in [2.45, 2.75) is 0 Å². The Labute approximate surface area is 61.7 Å². The summed E-state index contributed by atoms with van der Waals surface area (Å²) in [5, 5.41) is 0. The third-order valence-corrected chi connectivity index (χ3v) is 0. The molecule has 0 atom stereocenters. The Morgan fingerprint density at radius 2 is 1.70 bits per heavy atom. The summed E-state index contributed by atoms with van der Waals surface area (Å²) in [5.41, 5.74) is 2.75. The average Bonchev–Trinajstić information content (AvgIpc) is 2.17. The summed E-state index contributed by atoms with van der Waals surface area (Å²) in [5.74, 6) is 0. The highest BCUT2D eigenvalue weighted by Gasteiger charge is 2.06. The van der Waals surface area contributed by atoms with Gasteiger partial charge in [0, 0.05) is 0 Å². The molecule has 0 amide bonds. The largest absolute Gasteiger partial charge is 0.762 e. The molecule has 5 nitrogen and oxygen atoms in total. The number of halogens is 3. The molecular formula is H5BF3O5P. The first-order valence-electron chi connectivity index (χ1n) is 3.43. The maximum Gasteiger partial charge on any atom is 0.762 e. The highest BCUT2D eigenvalue weighted by Crippen LogP contribution is 2.25. The first-order valence-corrected chi connectivity index (χ1v) is 2.85. The van der Waals surface area contributed by atoms with Crippen molar-refractivity contribution in [2.24, 2.45) is 0 Å². The second-order valence-corrected chi connectivity index (χ2v) is 1.59. The molecule has 0 aromatic rings. The van der Waals surface area contributed by atoms with Gasteiger partial charge < -0.3 is 20.2 Å². The van der Waals surface area contributed by atoms with Gasteiger partial charge in [0.1, 0.15) is 0 Å². The molecule has 0 saturated carbocycles. The van der Waals surface area contributed by atoms with Gasteiger partial charge in [0.05, 0.1) is 0 Å². The van der Waals surface area contributed by atoms with Crippen LogP contribution in [0.4, 0.5) is 12.9 Å². The Bertz CT molecular complexity index is 140. The highest BCUT2D eigenvalue weighted by atomic mass is 31.2. The Hall–Kier alpha value is -0.0751. The van der Waals surface area contributed by atoms with Crippen LogP contribution in [0.5, 0.6) is 0 Å². The van der Waals surface area contributed by atoms with Crippen LogP contribution in [0.2, 0.25) is 0 Å². The second kappa shape index (κ2) is 7.04. The van der Waals surface area contributed by atoms with Crippen LogP contribution in [0.1, 0.15) is 0 Å². The lowest BCUT2D eigenvalue weighted by Crippen LogP contribution is -1.76. The van der Waals surface area contributed by atoms with Crippen molar-refractivity contribution in [3.63, 3.8) is 0 Å². The lowest BCUT2D eigenvalue weighted by Gasteiger charge is -1.82. The molecule has 0 aliphatic carbocycles. The monoisotopic (exact) mass is 189 g/mol. The molecule has 0 aromatic carbocycles. The zero-order chi connectivity index (χ0) is 12.9. The molecular weight excluding hydrogens is 179 g/mol. The van der Waals surface area contributed by atoms with E-state index in [1.165, 1.54) is 0 Å². The molecule has 0 fully saturated rings. The van der Waals surface area contributed by atoms with Gasteiger partial charge in [-0.3, -0.25) is 12.9 Å². The first-order chi connectivity index (χ1) is 6.83. The van der Waals surface area contributed by atoms with E-state index in [1.54, 1.807) is 0 Å². The van der Waals surface area contributed by atoms with E-state index in [2.05, 4.69) is 20.2 Å². The summed E-state index contributed by atoms with van der Waals surface area (Å²) in [6.07, 6.45) is 0. The third kappa shape index (κ3) is 67400. The van der Waals surface area contributed by atoms with Gasteiger partial charge in [-0.25, -0.2) is 4.57 Å². The van der Waals surface area contributed by atoms with Crippen molar-refractivity contribution in [1.82, 2.24) is 0 Å². The smallest absolute Gasteiger partial charge is 0.412 e. The van der Waals surface area contributed by atoms with E-state index in [1.807, 2.05) is 0 Å². The van der Waals surface area contributed by atoms with Gasteiger partial charge in [-0.05, 0) is 0 Å². The van der Waals surface area contributed by atoms with Gasteiger partial charge in [-0.15, -0.1) is 0 Å². The van der Waals surface area contributed by atoms with Gasteiger partial charge in [0.15, 0.2) is 0 Å². The molecule has 0 aliphatic rings. The summed E-state index contributed by atoms with van der Waals surface area (Å²) in [6, 6.07) is 0. The van der Waals surface area contributed by atoms with Crippen molar-refractivity contribution < 1.29 is 37.7 Å². The van der Waals surface area contributed by atoms with Crippen molar-refractivity contribution in [3.05, 3.63) is 0 Å². The fourth-order valence-corrected chi connectivity index (χ4v) is 0.